The fourth-order valence-corrected chi connectivity index (χ4v) is 13.8. The number of phosphoric acid groups is 2. The SMILES string of the molecule is CCCCCCCCCCCCCCCCCCCCCC(=O)O[C@H](COC(=O)CCCCCCCCCCCCCCCC(C)C)COP(=O)(O)OC[C@@H](O)COP(=O)(O)OC[C@@H](COC(=O)CCCCCCCCCCCCC)OC(=O)CCCCCCCCCCCCCC. The van der Waals surface area contributed by atoms with Gasteiger partial charge >= 0.3 is 39.5 Å². The molecule has 582 valence electrons. The Bertz CT molecular complexity index is 1870. The zero-order valence-electron chi connectivity index (χ0n) is 63.9. The Kier molecular flexibility index (Phi) is 70.6. The molecule has 0 fully saturated rings. The highest BCUT2D eigenvalue weighted by molar-refractivity contribution is 7.47. The normalized spacial score (nSPS) is 13.9. The minimum Gasteiger partial charge on any atom is -0.462 e. The Labute approximate surface area is 600 Å². The van der Waals surface area contributed by atoms with Crippen LogP contribution in [0.2, 0.25) is 0 Å². The van der Waals surface area contributed by atoms with Crippen molar-refractivity contribution >= 4 is 39.5 Å². The highest BCUT2D eigenvalue weighted by atomic mass is 31.2. The van der Waals surface area contributed by atoms with Crippen LogP contribution in [-0.4, -0.2) is 96.7 Å². The molecule has 0 aliphatic rings. The van der Waals surface area contributed by atoms with Crippen LogP contribution in [0.25, 0.3) is 0 Å². The molecule has 0 aromatic rings. The summed E-state index contributed by atoms with van der Waals surface area (Å²) >= 11 is 0. The first-order valence-corrected chi connectivity index (χ1v) is 44.1. The maximum Gasteiger partial charge on any atom is 0.472 e. The molecular weight excluding hydrogens is 1280 g/mol. The molecule has 0 aromatic heterocycles. The van der Waals surface area contributed by atoms with Crippen LogP contribution in [-0.2, 0) is 65.4 Å². The summed E-state index contributed by atoms with van der Waals surface area (Å²) in [7, 11) is -9.91. The largest absolute Gasteiger partial charge is 0.472 e. The Morgan fingerprint density at radius 3 is 0.694 bits per heavy atom. The highest BCUT2D eigenvalue weighted by Crippen LogP contribution is 2.45. The van der Waals surface area contributed by atoms with Crippen molar-refractivity contribution in [3.8, 4) is 0 Å². The van der Waals surface area contributed by atoms with E-state index >= 15 is 0 Å². The van der Waals surface area contributed by atoms with Crippen molar-refractivity contribution in [3.63, 3.8) is 0 Å². The molecule has 0 saturated heterocycles. The van der Waals surface area contributed by atoms with Gasteiger partial charge in [0.15, 0.2) is 12.2 Å². The number of carbonyl (C=O) groups excluding carboxylic acids is 4. The summed E-state index contributed by atoms with van der Waals surface area (Å²) in [6.45, 7) is 7.33. The lowest BCUT2D eigenvalue weighted by Gasteiger charge is -2.21. The third-order valence-electron chi connectivity index (χ3n) is 18.5. The molecule has 3 N–H and O–H groups in total. The van der Waals surface area contributed by atoms with E-state index in [-0.39, 0.29) is 25.7 Å². The lowest BCUT2D eigenvalue weighted by atomic mass is 10.0. The van der Waals surface area contributed by atoms with E-state index in [0.29, 0.717) is 25.7 Å². The first kappa shape index (κ1) is 96.1. The van der Waals surface area contributed by atoms with Gasteiger partial charge in [0.05, 0.1) is 26.4 Å². The van der Waals surface area contributed by atoms with Crippen molar-refractivity contribution in [2.24, 2.45) is 5.92 Å². The summed E-state index contributed by atoms with van der Waals surface area (Å²) in [5.41, 5.74) is 0. The Hall–Kier alpha value is -1.94. The predicted molar refractivity (Wildman–Crippen MR) is 400 cm³/mol. The fourth-order valence-electron chi connectivity index (χ4n) is 12.2. The lowest BCUT2D eigenvalue weighted by molar-refractivity contribution is -0.161. The Morgan fingerprint density at radius 1 is 0.276 bits per heavy atom. The second-order valence-electron chi connectivity index (χ2n) is 28.9. The van der Waals surface area contributed by atoms with Gasteiger partial charge in [0.2, 0.25) is 0 Å². The van der Waals surface area contributed by atoms with Crippen LogP contribution < -0.4 is 0 Å². The summed E-state index contributed by atoms with van der Waals surface area (Å²) in [4.78, 5) is 72.9. The number of phosphoric ester groups is 2. The standard InChI is InChI=1S/C79H154O17P2/c1-6-9-12-15-18-21-24-26-27-28-29-30-31-34-40-45-50-55-60-65-79(84)96-75(69-90-77(82)63-58-53-48-43-39-35-32-33-37-41-46-51-56-61-72(4)5)71-94-98(87,88)92-67-73(80)66-91-97(85,86)93-70-74(68-89-76(81)62-57-52-47-42-36-23-20-17-14-11-8-3)95-78(83)64-59-54-49-44-38-25-22-19-16-13-10-7-2/h72-75,80H,6-71H2,1-5H3,(H,85,86)(H,87,88)/t73-,74+,75+/m0/s1. The molecule has 0 aliphatic heterocycles. The fraction of sp³-hybridized carbons (Fsp3) is 0.949. The maximum absolute atomic E-state index is 13.1. The highest BCUT2D eigenvalue weighted by Gasteiger charge is 2.30. The quantitative estimate of drug-likeness (QED) is 0.0222. The van der Waals surface area contributed by atoms with Crippen LogP contribution in [0.15, 0.2) is 0 Å². The first-order chi connectivity index (χ1) is 47.5. The molecule has 0 spiro atoms. The van der Waals surface area contributed by atoms with Crippen LogP contribution in [0.3, 0.4) is 0 Å². The molecule has 0 saturated carbocycles. The van der Waals surface area contributed by atoms with Crippen molar-refractivity contribution in [2.45, 2.75) is 438 Å². The van der Waals surface area contributed by atoms with Crippen molar-refractivity contribution < 1.29 is 80.2 Å². The number of esters is 4. The molecule has 0 amide bonds. The molecule has 0 radical (unpaired) electrons. The van der Waals surface area contributed by atoms with E-state index in [1.165, 1.54) is 244 Å². The van der Waals surface area contributed by atoms with Gasteiger partial charge in [-0.05, 0) is 31.6 Å². The average molecular weight is 1440 g/mol. The van der Waals surface area contributed by atoms with Gasteiger partial charge in [-0.15, -0.1) is 0 Å². The minimum atomic E-state index is -4.96. The number of rotatable bonds is 79. The van der Waals surface area contributed by atoms with E-state index in [2.05, 4.69) is 34.6 Å². The minimum absolute atomic E-state index is 0.108. The average Bonchev–Trinajstić information content (AvgIpc) is 1.02. The number of carbonyl (C=O) groups is 4. The smallest absolute Gasteiger partial charge is 0.462 e. The van der Waals surface area contributed by atoms with Gasteiger partial charge in [0.1, 0.15) is 19.3 Å². The van der Waals surface area contributed by atoms with Crippen molar-refractivity contribution in [1.29, 1.82) is 0 Å². The van der Waals surface area contributed by atoms with Crippen LogP contribution >= 0.6 is 15.6 Å². The van der Waals surface area contributed by atoms with E-state index in [1.54, 1.807) is 0 Å². The monoisotopic (exact) mass is 1440 g/mol. The molecule has 98 heavy (non-hydrogen) atoms. The van der Waals surface area contributed by atoms with E-state index in [9.17, 15) is 43.2 Å². The number of ether oxygens (including phenoxy) is 4. The predicted octanol–water partition coefficient (Wildman–Crippen LogP) is 23.6. The van der Waals surface area contributed by atoms with Crippen LogP contribution in [0.1, 0.15) is 420 Å². The van der Waals surface area contributed by atoms with Gasteiger partial charge in [-0.2, -0.15) is 0 Å². The molecule has 5 atom stereocenters. The summed E-state index contributed by atoms with van der Waals surface area (Å²) < 4.78 is 68.6. The van der Waals surface area contributed by atoms with Gasteiger partial charge in [-0.25, -0.2) is 9.13 Å². The number of aliphatic hydroxyl groups excluding tert-OH is 1. The van der Waals surface area contributed by atoms with E-state index in [4.69, 9.17) is 37.0 Å². The second-order valence-corrected chi connectivity index (χ2v) is 31.8. The second kappa shape index (κ2) is 72.0. The van der Waals surface area contributed by atoms with E-state index < -0.39 is 97.5 Å². The lowest BCUT2D eigenvalue weighted by Crippen LogP contribution is -2.30. The van der Waals surface area contributed by atoms with Crippen molar-refractivity contribution in [2.75, 3.05) is 39.6 Å². The van der Waals surface area contributed by atoms with E-state index in [1.807, 2.05) is 0 Å². The summed E-state index contributed by atoms with van der Waals surface area (Å²) in [5, 5.41) is 10.6. The van der Waals surface area contributed by atoms with Crippen LogP contribution in [0.4, 0.5) is 0 Å². The van der Waals surface area contributed by atoms with Gasteiger partial charge < -0.3 is 33.8 Å². The number of aliphatic hydroxyl groups is 1. The molecule has 0 aromatic carbocycles. The zero-order valence-corrected chi connectivity index (χ0v) is 65.7. The molecular formula is C79H154O17P2. The third-order valence-corrected chi connectivity index (χ3v) is 20.4. The molecule has 0 heterocycles. The van der Waals surface area contributed by atoms with Gasteiger partial charge in [-0.3, -0.25) is 37.3 Å². The zero-order chi connectivity index (χ0) is 71.9. The third kappa shape index (κ3) is 72.4. The Balaban J connectivity index is 5.23. The van der Waals surface area contributed by atoms with E-state index in [0.717, 1.165) is 95.8 Å². The molecule has 2 unspecified atom stereocenters. The summed E-state index contributed by atoms with van der Waals surface area (Å²) in [6, 6.07) is 0. The molecule has 17 nitrogen and oxygen atoms in total. The summed E-state index contributed by atoms with van der Waals surface area (Å²) in [5.74, 6) is -1.32. The number of hydrogen-bond acceptors (Lipinski definition) is 15. The first-order valence-electron chi connectivity index (χ1n) is 41.1. The maximum atomic E-state index is 13.1. The van der Waals surface area contributed by atoms with Gasteiger partial charge in [0.25, 0.3) is 0 Å². The number of unbranched alkanes of at least 4 members (excludes halogenated alkanes) is 51. The van der Waals surface area contributed by atoms with Crippen molar-refractivity contribution in [3.05, 3.63) is 0 Å². The molecule has 0 rings (SSSR count). The topological polar surface area (TPSA) is 237 Å². The van der Waals surface area contributed by atoms with Crippen molar-refractivity contribution in [1.82, 2.24) is 0 Å². The van der Waals surface area contributed by atoms with Gasteiger partial charge in [0, 0.05) is 25.7 Å². The van der Waals surface area contributed by atoms with Gasteiger partial charge in [-0.1, -0.05) is 369 Å². The molecule has 0 bridgehead atoms. The molecule has 0 aliphatic carbocycles. The van der Waals surface area contributed by atoms with Crippen LogP contribution in [0.5, 0.6) is 0 Å². The number of hydrogen-bond donors (Lipinski definition) is 3. The van der Waals surface area contributed by atoms with Crippen LogP contribution in [0, 0.1) is 5.92 Å². The summed E-state index contributed by atoms with van der Waals surface area (Å²) in [6.07, 6.45) is 62.3. The molecule has 19 heteroatoms. The Morgan fingerprint density at radius 2 is 0.469 bits per heavy atom.